The molecule has 0 aliphatic carbocycles. The Balaban J connectivity index is 2.24. The smallest absolute Gasteiger partial charge is 0.399 e. The van der Waals surface area contributed by atoms with Crippen molar-refractivity contribution in [2.24, 2.45) is 0 Å². The van der Waals surface area contributed by atoms with Gasteiger partial charge in [0.05, 0.1) is 18.1 Å². The van der Waals surface area contributed by atoms with E-state index in [2.05, 4.69) is 4.98 Å². The number of pyridine rings is 1. The van der Waals surface area contributed by atoms with Crippen LogP contribution in [0.3, 0.4) is 0 Å². The summed E-state index contributed by atoms with van der Waals surface area (Å²) in [5, 5.41) is 0. The van der Waals surface area contributed by atoms with Gasteiger partial charge in [0.2, 0.25) is 0 Å². The monoisotopic (exact) mass is 249 g/mol. The van der Waals surface area contributed by atoms with Crippen molar-refractivity contribution in [3.63, 3.8) is 0 Å². The lowest BCUT2D eigenvalue weighted by molar-refractivity contribution is 0.00578. The molecule has 0 bridgehead atoms. The van der Waals surface area contributed by atoms with Crippen LogP contribution in [0.1, 0.15) is 34.5 Å². The third-order valence-corrected chi connectivity index (χ3v) is 3.57. The quantitative estimate of drug-likeness (QED) is 0.721. The van der Waals surface area contributed by atoms with E-state index in [9.17, 15) is 0 Å². The first-order valence-electron chi connectivity index (χ1n) is 8.29. The zero-order chi connectivity index (χ0) is 17.3. The molecule has 0 atom stereocenters. The summed E-state index contributed by atoms with van der Waals surface area (Å²) in [6.07, 6.45) is -0.957. The predicted octanol–water partition coefficient (Wildman–Crippen LogP) is 1.63. The average molecular weight is 249 g/mol. The van der Waals surface area contributed by atoms with Crippen molar-refractivity contribution in [1.82, 2.24) is 9.38 Å². The molecule has 5 heteroatoms. The Morgan fingerprint density at radius 3 is 2.56 bits per heavy atom. The Morgan fingerprint density at radius 2 is 1.89 bits per heavy atom. The van der Waals surface area contributed by atoms with E-state index in [4.69, 9.17) is 16.2 Å². The molecule has 1 saturated heterocycles. The SMILES string of the molecule is [2H]c1nc2c([2H])c(B3OC(C)(C)C(C)(C)O3)c([2H])c([2H])n2c1[2H]. The lowest BCUT2D eigenvalue weighted by Crippen LogP contribution is -2.41. The van der Waals surface area contributed by atoms with Crippen LogP contribution in [-0.2, 0) is 9.31 Å². The molecule has 18 heavy (non-hydrogen) atoms. The van der Waals surface area contributed by atoms with Crippen molar-refractivity contribution in [3.8, 4) is 0 Å². The molecule has 0 unspecified atom stereocenters. The molecule has 2 aromatic heterocycles. The number of nitrogens with zero attached hydrogens (tertiary/aromatic N) is 2. The molecule has 0 radical (unpaired) electrons. The second kappa shape index (κ2) is 3.59. The van der Waals surface area contributed by atoms with Gasteiger partial charge in [-0.1, -0.05) is 0 Å². The zero-order valence-corrected chi connectivity index (χ0v) is 10.8. The first-order chi connectivity index (χ1) is 10.5. The van der Waals surface area contributed by atoms with Crippen molar-refractivity contribution in [2.45, 2.75) is 38.9 Å². The highest BCUT2D eigenvalue weighted by Crippen LogP contribution is 2.36. The second-order valence-electron chi connectivity index (χ2n) is 5.36. The Kier molecular flexibility index (Phi) is 1.46. The summed E-state index contributed by atoms with van der Waals surface area (Å²) in [6.45, 7) is 7.44. The van der Waals surface area contributed by atoms with E-state index in [1.165, 1.54) is 0 Å². The van der Waals surface area contributed by atoms with Crippen LogP contribution in [0.15, 0.2) is 30.6 Å². The summed E-state index contributed by atoms with van der Waals surface area (Å²) in [5.74, 6) is 0. The molecule has 1 aliphatic heterocycles. The lowest BCUT2D eigenvalue weighted by Gasteiger charge is -2.32. The molecule has 0 spiro atoms. The molecular weight excluding hydrogens is 227 g/mol. The number of fused-ring (bicyclic) bond motifs is 1. The zero-order valence-electron chi connectivity index (χ0n) is 15.8. The first-order valence-corrected chi connectivity index (χ1v) is 5.79. The van der Waals surface area contributed by atoms with Crippen molar-refractivity contribution in [1.29, 1.82) is 0 Å². The van der Waals surface area contributed by atoms with Gasteiger partial charge in [-0.05, 0) is 45.2 Å². The number of hydrogen-bond acceptors (Lipinski definition) is 3. The van der Waals surface area contributed by atoms with E-state index in [1.807, 2.05) is 27.7 Å². The first kappa shape index (κ1) is 7.31. The molecule has 3 heterocycles. The Bertz CT molecular complexity index is 805. The lowest BCUT2D eigenvalue weighted by atomic mass is 9.80. The van der Waals surface area contributed by atoms with Gasteiger partial charge >= 0.3 is 7.12 Å². The fourth-order valence-electron chi connectivity index (χ4n) is 1.74. The summed E-state index contributed by atoms with van der Waals surface area (Å²) in [5.41, 5.74) is -1.18. The molecule has 4 nitrogen and oxygen atoms in total. The van der Waals surface area contributed by atoms with Crippen LogP contribution in [-0.4, -0.2) is 27.7 Å². The third-order valence-electron chi connectivity index (χ3n) is 3.57. The van der Waals surface area contributed by atoms with E-state index in [-0.39, 0.29) is 41.7 Å². The Morgan fingerprint density at radius 1 is 1.22 bits per heavy atom. The summed E-state index contributed by atoms with van der Waals surface area (Å²) in [7, 11) is -0.964. The highest BCUT2D eigenvalue weighted by Gasteiger charge is 2.51. The topological polar surface area (TPSA) is 35.8 Å². The van der Waals surface area contributed by atoms with Gasteiger partial charge in [0.25, 0.3) is 0 Å². The van der Waals surface area contributed by atoms with Crippen LogP contribution in [0.25, 0.3) is 5.65 Å². The standard InChI is InChI=1S/C13H17BN2O2/c1-12(2)13(3,4)18-14(17-12)10-5-7-16-8-6-15-11(16)9-10/h5-9H,1-4H3/i5D,6D,7D,8D,9D. The maximum atomic E-state index is 8.30. The average Bonchev–Trinajstić information content (AvgIpc) is 2.82. The number of hydrogen-bond donors (Lipinski definition) is 0. The Hall–Kier alpha value is -1.33. The number of aromatic nitrogens is 2. The van der Waals surface area contributed by atoms with Crippen molar-refractivity contribution >= 4 is 18.2 Å². The van der Waals surface area contributed by atoms with Crippen LogP contribution in [0.2, 0.25) is 0 Å². The van der Waals surface area contributed by atoms with Gasteiger partial charge in [0.1, 0.15) is 5.65 Å². The van der Waals surface area contributed by atoms with Gasteiger partial charge in [-0.3, -0.25) is 0 Å². The fourth-order valence-corrected chi connectivity index (χ4v) is 1.74. The maximum absolute atomic E-state index is 8.30. The molecule has 1 fully saturated rings. The third kappa shape index (κ3) is 1.66. The number of rotatable bonds is 1. The fraction of sp³-hybridized carbons (Fsp3) is 0.462. The summed E-state index contributed by atoms with van der Waals surface area (Å²) >= 11 is 0. The molecule has 1 aliphatic rings. The van der Waals surface area contributed by atoms with Crippen molar-refractivity contribution < 1.29 is 16.2 Å². The summed E-state index contributed by atoms with van der Waals surface area (Å²) in [6, 6.07) is -0.414. The van der Waals surface area contributed by atoms with Gasteiger partial charge in [-0.2, -0.15) is 0 Å². The van der Waals surface area contributed by atoms with Crippen LogP contribution in [0.5, 0.6) is 0 Å². The van der Waals surface area contributed by atoms with Gasteiger partial charge in [0.15, 0.2) is 0 Å². The second-order valence-corrected chi connectivity index (χ2v) is 5.36. The molecular formula is C13H17BN2O2. The molecule has 0 aromatic carbocycles. The Labute approximate surface area is 114 Å². The van der Waals surface area contributed by atoms with E-state index in [1.54, 1.807) is 0 Å². The van der Waals surface area contributed by atoms with Gasteiger partial charge < -0.3 is 13.7 Å². The highest BCUT2D eigenvalue weighted by atomic mass is 16.7. The largest absolute Gasteiger partial charge is 0.495 e. The van der Waals surface area contributed by atoms with E-state index >= 15 is 0 Å². The highest BCUT2D eigenvalue weighted by molar-refractivity contribution is 6.62. The minimum Gasteiger partial charge on any atom is -0.399 e. The van der Waals surface area contributed by atoms with E-state index in [0.717, 1.165) is 4.40 Å². The van der Waals surface area contributed by atoms with Crippen molar-refractivity contribution in [2.75, 3.05) is 0 Å². The molecule has 94 valence electrons. The number of imidazole rings is 1. The normalized spacial score (nSPS) is 25.6. The minimum absolute atomic E-state index is 0.00860. The van der Waals surface area contributed by atoms with Gasteiger partial charge in [-0.15, -0.1) is 0 Å². The van der Waals surface area contributed by atoms with Gasteiger partial charge in [-0.25, -0.2) is 4.98 Å². The van der Waals surface area contributed by atoms with Crippen LogP contribution >= 0.6 is 0 Å². The molecule has 0 saturated carbocycles. The van der Waals surface area contributed by atoms with E-state index in [0.29, 0.717) is 0 Å². The van der Waals surface area contributed by atoms with Crippen LogP contribution < -0.4 is 5.46 Å². The molecule has 3 rings (SSSR count). The van der Waals surface area contributed by atoms with Crippen molar-refractivity contribution in [3.05, 3.63) is 30.6 Å². The van der Waals surface area contributed by atoms with Crippen LogP contribution in [0.4, 0.5) is 0 Å². The summed E-state index contributed by atoms with van der Waals surface area (Å²) < 4.78 is 52.7. The maximum Gasteiger partial charge on any atom is 0.495 e. The van der Waals surface area contributed by atoms with Gasteiger partial charge in [0, 0.05) is 18.5 Å². The minimum atomic E-state index is -0.964. The predicted molar refractivity (Wildman–Crippen MR) is 70.9 cm³/mol. The molecule has 0 amide bonds. The molecule has 2 aromatic rings. The van der Waals surface area contributed by atoms with E-state index < -0.39 is 18.3 Å². The molecule has 0 N–H and O–H groups in total. The summed E-state index contributed by atoms with van der Waals surface area (Å²) in [4.78, 5) is 3.86. The van der Waals surface area contributed by atoms with Crippen LogP contribution in [0, 0.1) is 0 Å².